The van der Waals surface area contributed by atoms with E-state index in [4.69, 9.17) is 4.52 Å². The summed E-state index contributed by atoms with van der Waals surface area (Å²) in [5.74, 6) is -0.599. The predicted molar refractivity (Wildman–Crippen MR) is 157 cm³/mol. The third-order valence-corrected chi connectivity index (χ3v) is 8.67. The third-order valence-electron chi connectivity index (χ3n) is 7.28. The number of aromatic nitrogens is 2. The van der Waals surface area contributed by atoms with Crippen LogP contribution in [0.15, 0.2) is 69.6 Å². The third kappa shape index (κ3) is 7.46. The second kappa shape index (κ2) is 13.7. The minimum Gasteiger partial charge on any atom is -0.344 e. The zero-order valence-corrected chi connectivity index (χ0v) is 24.3. The van der Waals surface area contributed by atoms with Crippen LogP contribution in [0.1, 0.15) is 87.3 Å². The monoisotopic (exact) mass is 579 g/mol. The van der Waals surface area contributed by atoms with E-state index in [-0.39, 0.29) is 34.8 Å². The van der Waals surface area contributed by atoms with Crippen LogP contribution in [0.4, 0.5) is 0 Å². The first kappa shape index (κ1) is 30.1. The van der Waals surface area contributed by atoms with Gasteiger partial charge in [0.25, 0.3) is 15.9 Å². The summed E-state index contributed by atoms with van der Waals surface area (Å²) >= 11 is 0. The van der Waals surface area contributed by atoms with Crippen molar-refractivity contribution >= 4 is 33.1 Å². The van der Waals surface area contributed by atoms with E-state index in [1.54, 1.807) is 37.3 Å². The number of fused-ring (bicyclic) bond motifs is 1. The normalized spacial score (nSPS) is 19.2. The van der Waals surface area contributed by atoms with Gasteiger partial charge in [-0.3, -0.25) is 19.3 Å². The van der Waals surface area contributed by atoms with E-state index >= 15 is 0 Å². The van der Waals surface area contributed by atoms with Crippen LogP contribution in [0.25, 0.3) is 5.57 Å². The first-order valence-corrected chi connectivity index (χ1v) is 15.6. The Kier molecular flexibility index (Phi) is 10.0. The summed E-state index contributed by atoms with van der Waals surface area (Å²) in [7, 11) is -3.76. The number of amidine groups is 1. The Morgan fingerprint density at radius 1 is 1.20 bits per heavy atom. The Morgan fingerprint density at radius 2 is 1.95 bits per heavy atom. The summed E-state index contributed by atoms with van der Waals surface area (Å²) in [5, 5.41) is 6.68. The largest absolute Gasteiger partial charge is 0.344 e. The van der Waals surface area contributed by atoms with Gasteiger partial charge in [-0.2, -0.15) is 4.98 Å². The number of amides is 1. The van der Waals surface area contributed by atoms with Crippen LogP contribution in [0.5, 0.6) is 0 Å². The number of rotatable bonds is 12. The van der Waals surface area contributed by atoms with Crippen LogP contribution in [-0.2, 0) is 14.8 Å². The fraction of sp³-hybridized carbons (Fsp3) is 0.433. The molecule has 0 saturated heterocycles. The van der Waals surface area contributed by atoms with Crippen molar-refractivity contribution in [2.24, 2.45) is 10.9 Å². The Morgan fingerprint density at radius 3 is 2.68 bits per heavy atom. The van der Waals surface area contributed by atoms with Gasteiger partial charge in [-0.05, 0) is 37.3 Å². The molecule has 2 aliphatic rings. The molecule has 0 radical (unpaired) electrons. The lowest BCUT2D eigenvalue weighted by molar-refractivity contribution is -0.123. The second-order valence-electron chi connectivity index (χ2n) is 10.3. The van der Waals surface area contributed by atoms with Crippen molar-refractivity contribution in [3.63, 3.8) is 0 Å². The maximum Gasteiger partial charge on any atom is 0.296 e. The van der Waals surface area contributed by atoms with Gasteiger partial charge in [-0.25, -0.2) is 8.42 Å². The molecule has 2 N–H and O–H groups in total. The van der Waals surface area contributed by atoms with E-state index < -0.39 is 33.8 Å². The molecule has 1 aromatic carbocycles. The fourth-order valence-electron chi connectivity index (χ4n) is 5.03. The standard InChI is InChI=1S/C30H37N5O5S/c1-4-6-7-9-14-20(3)27-33-30(40-34-27)26(36)23(5-2)32-29(37)24(19-21-15-10-8-11-16-21)31-28-22-17-12-13-18-25(22)41(38,39)35-28/h6-7,9,12-14,17-18,21,23-24H,3-5,8,10-11,15-16,19H2,1-2H3,(H,31,35)(H,32,37)/b7-6-,14-9-/t23-,24-/m0/s1. The highest BCUT2D eigenvalue weighted by atomic mass is 32.2. The molecule has 1 aliphatic heterocycles. The van der Waals surface area contributed by atoms with Gasteiger partial charge in [0.2, 0.25) is 17.5 Å². The van der Waals surface area contributed by atoms with Gasteiger partial charge in [0.15, 0.2) is 0 Å². The van der Waals surface area contributed by atoms with Crippen molar-refractivity contribution in [2.75, 3.05) is 0 Å². The number of nitrogens with zero attached hydrogens (tertiary/aromatic N) is 3. The summed E-state index contributed by atoms with van der Waals surface area (Å²) in [6.45, 7) is 7.71. The Hall–Kier alpha value is -3.86. The molecular formula is C30H37N5O5S. The summed E-state index contributed by atoms with van der Waals surface area (Å²) in [6, 6.07) is 4.73. The van der Waals surface area contributed by atoms with Crippen molar-refractivity contribution in [1.82, 2.24) is 20.2 Å². The Bertz CT molecular complexity index is 1470. The molecule has 1 aromatic heterocycles. The number of sulfonamides is 1. The van der Waals surface area contributed by atoms with Gasteiger partial charge in [-0.15, -0.1) is 0 Å². The molecule has 1 saturated carbocycles. The molecule has 0 spiro atoms. The first-order chi connectivity index (χ1) is 19.7. The van der Waals surface area contributed by atoms with Crippen LogP contribution in [0, 0.1) is 5.92 Å². The fourth-order valence-corrected chi connectivity index (χ4v) is 6.27. The molecule has 10 nitrogen and oxygen atoms in total. The maximum absolute atomic E-state index is 13.6. The lowest BCUT2D eigenvalue weighted by Gasteiger charge is -2.25. The highest BCUT2D eigenvalue weighted by Crippen LogP contribution is 2.29. The van der Waals surface area contributed by atoms with Gasteiger partial charge >= 0.3 is 0 Å². The zero-order chi connectivity index (χ0) is 29.4. The Balaban J connectivity index is 1.53. The van der Waals surface area contributed by atoms with Gasteiger partial charge < -0.3 is 9.84 Å². The van der Waals surface area contributed by atoms with Gasteiger partial charge in [0, 0.05) is 11.1 Å². The smallest absolute Gasteiger partial charge is 0.296 e. The maximum atomic E-state index is 13.6. The SMILES string of the molecule is C=C(/C=C\C=C/CC)c1noc(C(=O)[C@H](CC)NC(=O)[C@H](CC2CCCCC2)N=C2NS(=O)(=O)c3ccccc32)n1. The van der Waals surface area contributed by atoms with Crippen LogP contribution in [0.3, 0.4) is 0 Å². The number of allylic oxidation sites excluding steroid dienone is 5. The topological polar surface area (TPSA) is 144 Å². The van der Waals surface area contributed by atoms with E-state index in [9.17, 15) is 18.0 Å². The lowest BCUT2D eigenvalue weighted by Crippen LogP contribution is -2.46. The number of ketones is 1. The lowest BCUT2D eigenvalue weighted by atomic mass is 9.84. The van der Waals surface area contributed by atoms with Gasteiger partial charge in [0.05, 0.1) is 10.9 Å². The molecule has 218 valence electrons. The highest BCUT2D eigenvalue weighted by molar-refractivity contribution is 7.90. The number of hydrogen-bond donors (Lipinski definition) is 2. The highest BCUT2D eigenvalue weighted by Gasteiger charge is 2.34. The number of nitrogens with one attached hydrogen (secondary N) is 2. The zero-order valence-electron chi connectivity index (χ0n) is 23.5. The minimum absolute atomic E-state index is 0.127. The number of Topliss-reactive ketones (excluding diaryl/α,β-unsaturated/α-hetero) is 1. The molecule has 4 rings (SSSR count). The second-order valence-corrected chi connectivity index (χ2v) is 12.0. The molecular weight excluding hydrogens is 542 g/mol. The Labute approximate surface area is 241 Å². The average Bonchev–Trinajstić information content (AvgIpc) is 3.57. The number of carbonyl (C=O) groups is 2. The molecule has 2 heterocycles. The molecule has 1 aliphatic carbocycles. The van der Waals surface area contributed by atoms with Crippen molar-refractivity contribution in [1.29, 1.82) is 0 Å². The van der Waals surface area contributed by atoms with E-state index in [0.29, 0.717) is 17.6 Å². The van der Waals surface area contributed by atoms with Crippen molar-refractivity contribution < 1.29 is 22.5 Å². The summed E-state index contributed by atoms with van der Waals surface area (Å²) < 4.78 is 33.0. The number of carbonyl (C=O) groups excluding carboxylic acids is 2. The predicted octanol–water partition coefficient (Wildman–Crippen LogP) is 4.76. The van der Waals surface area contributed by atoms with Crippen LogP contribution >= 0.6 is 0 Å². The van der Waals surface area contributed by atoms with Crippen molar-refractivity contribution in [2.45, 2.75) is 82.2 Å². The number of aliphatic imine (C=N–C) groups is 1. The number of hydrogen-bond acceptors (Lipinski definition) is 8. The molecule has 11 heteroatoms. The first-order valence-electron chi connectivity index (χ1n) is 14.1. The summed E-state index contributed by atoms with van der Waals surface area (Å²) in [4.78, 5) is 35.8. The van der Waals surface area contributed by atoms with E-state index in [1.165, 1.54) is 6.07 Å². The van der Waals surface area contributed by atoms with Crippen LogP contribution in [-0.4, -0.2) is 48.2 Å². The molecule has 2 atom stereocenters. The molecule has 1 fully saturated rings. The molecule has 41 heavy (non-hydrogen) atoms. The minimum atomic E-state index is -3.76. The van der Waals surface area contributed by atoms with Crippen LogP contribution < -0.4 is 10.0 Å². The van der Waals surface area contributed by atoms with Crippen molar-refractivity contribution in [3.05, 3.63) is 72.4 Å². The van der Waals surface area contributed by atoms with Gasteiger partial charge in [0.1, 0.15) is 11.9 Å². The molecule has 1 amide bonds. The molecule has 0 unspecified atom stereocenters. The van der Waals surface area contributed by atoms with E-state index in [0.717, 1.165) is 38.5 Å². The van der Waals surface area contributed by atoms with Gasteiger partial charge in [-0.1, -0.05) is 94.1 Å². The molecule has 0 bridgehead atoms. The summed E-state index contributed by atoms with van der Waals surface area (Å²) in [6.07, 6.45) is 14.3. The average molecular weight is 580 g/mol. The van der Waals surface area contributed by atoms with Crippen LogP contribution in [0.2, 0.25) is 0 Å². The van der Waals surface area contributed by atoms with E-state index in [2.05, 4.69) is 31.8 Å². The van der Waals surface area contributed by atoms with Crippen molar-refractivity contribution in [3.8, 4) is 0 Å². The quantitative estimate of drug-likeness (QED) is 0.272. The molecule has 2 aromatic rings. The number of benzene rings is 1. The summed E-state index contributed by atoms with van der Waals surface area (Å²) in [5.41, 5.74) is 0.906. The van der Waals surface area contributed by atoms with E-state index in [1.807, 2.05) is 19.1 Å².